The number of fused-ring (bicyclic) bond motifs is 1. The summed E-state index contributed by atoms with van der Waals surface area (Å²) in [5.74, 6) is 0.235. The smallest absolute Gasteiger partial charge is 0.223 e. The number of ketones is 1. The van der Waals surface area contributed by atoms with Crippen LogP contribution < -0.4 is 4.90 Å². The molecule has 2 rings (SSSR count). The van der Waals surface area contributed by atoms with Crippen LogP contribution >= 0.6 is 0 Å². The Hall–Kier alpha value is -1.68. The Bertz CT molecular complexity index is 523. The lowest BCUT2D eigenvalue weighted by Gasteiger charge is -2.28. The molecule has 0 radical (unpaired) electrons. The van der Waals surface area contributed by atoms with E-state index in [9.17, 15) is 9.59 Å². The Morgan fingerprint density at radius 3 is 2.70 bits per heavy atom. The molecule has 1 amide bonds. The van der Waals surface area contributed by atoms with Gasteiger partial charge in [0.25, 0.3) is 0 Å². The fourth-order valence-corrected chi connectivity index (χ4v) is 2.57. The lowest BCUT2D eigenvalue weighted by Crippen LogP contribution is -2.33. The summed E-state index contributed by atoms with van der Waals surface area (Å²) in [4.78, 5) is 27.6. The molecule has 0 spiro atoms. The number of hydrogen-bond donors (Lipinski definition) is 0. The van der Waals surface area contributed by atoms with Crippen molar-refractivity contribution in [3.63, 3.8) is 0 Å². The fraction of sp³-hybridized carbons (Fsp3) is 0.500. The number of Topliss-reactive ketones (excluding diaryl/α,β-unsaturated/α-hetero) is 1. The van der Waals surface area contributed by atoms with Crippen LogP contribution in [0, 0.1) is 0 Å². The second-order valence-corrected chi connectivity index (χ2v) is 5.59. The lowest BCUT2D eigenvalue weighted by atomic mass is 9.97. The van der Waals surface area contributed by atoms with Crippen molar-refractivity contribution in [2.75, 3.05) is 32.1 Å². The largest absolute Gasteiger partial charge is 0.312 e. The normalized spacial score (nSPS) is 14.3. The van der Waals surface area contributed by atoms with Crippen LogP contribution in [0.1, 0.15) is 35.7 Å². The topological polar surface area (TPSA) is 40.6 Å². The summed E-state index contributed by atoms with van der Waals surface area (Å²) < 4.78 is 0. The molecule has 108 valence electrons. The van der Waals surface area contributed by atoms with E-state index in [1.54, 1.807) is 11.8 Å². The predicted octanol–water partition coefficient (Wildman–Crippen LogP) is 2.12. The minimum atomic E-state index is 0.0673. The molecule has 4 heteroatoms. The highest BCUT2D eigenvalue weighted by atomic mass is 16.2. The summed E-state index contributed by atoms with van der Waals surface area (Å²) in [6.07, 6.45) is 2.43. The van der Waals surface area contributed by atoms with Gasteiger partial charge in [0.2, 0.25) is 5.91 Å². The zero-order valence-corrected chi connectivity index (χ0v) is 12.5. The van der Waals surface area contributed by atoms with Crippen molar-refractivity contribution in [1.29, 1.82) is 0 Å². The summed E-state index contributed by atoms with van der Waals surface area (Å²) in [5, 5.41) is 0. The van der Waals surface area contributed by atoms with Crippen LogP contribution in [0.2, 0.25) is 0 Å². The van der Waals surface area contributed by atoms with Crippen molar-refractivity contribution in [1.82, 2.24) is 4.90 Å². The van der Waals surface area contributed by atoms with Crippen molar-refractivity contribution < 1.29 is 9.59 Å². The number of amides is 1. The summed E-state index contributed by atoms with van der Waals surface area (Å²) >= 11 is 0. The minimum Gasteiger partial charge on any atom is -0.312 e. The van der Waals surface area contributed by atoms with Gasteiger partial charge in [0.05, 0.1) is 0 Å². The summed E-state index contributed by atoms with van der Waals surface area (Å²) in [7, 11) is 3.93. The van der Waals surface area contributed by atoms with Gasteiger partial charge in [-0.2, -0.15) is 0 Å². The van der Waals surface area contributed by atoms with Gasteiger partial charge in [0.15, 0.2) is 5.78 Å². The molecule has 0 fully saturated rings. The van der Waals surface area contributed by atoms with E-state index in [2.05, 4.69) is 0 Å². The molecule has 0 aliphatic carbocycles. The monoisotopic (exact) mass is 274 g/mol. The van der Waals surface area contributed by atoms with Crippen molar-refractivity contribution in [3.8, 4) is 0 Å². The summed E-state index contributed by atoms with van der Waals surface area (Å²) in [6, 6.07) is 5.72. The molecule has 0 saturated heterocycles. The minimum absolute atomic E-state index is 0.0673. The quantitative estimate of drug-likeness (QED) is 0.790. The summed E-state index contributed by atoms with van der Waals surface area (Å²) in [5.41, 5.74) is 2.84. The van der Waals surface area contributed by atoms with Gasteiger partial charge in [-0.05, 0) is 50.7 Å². The third kappa shape index (κ3) is 3.25. The first-order chi connectivity index (χ1) is 9.49. The van der Waals surface area contributed by atoms with E-state index in [0.29, 0.717) is 6.42 Å². The number of carbonyl (C=O) groups is 2. The van der Waals surface area contributed by atoms with E-state index in [1.165, 1.54) is 0 Å². The fourth-order valence-electron chi connectivity index (χ4n) is 2.57. The van der Waals surface area contributed by atoms with Crippen molar-refractivity contribution in [2.24, 2.45) is 0 Å². The second-order valence-electron chi connectivity index (χ2n) is 5.59. The van der Waals surface area contributed by atoms with E-state index in [4.69, 9.17) is 0 Å². The molecular formula is C16H22N2O2. The Balaban J connectivity index is 2.19. The maximum atomic E-state index is 12.1. The second kappa shape index (κ2) is 6.18. The zero-order chi connectivity index (χ0) is 14.7. The van der Waals surface area contributed by atoms with E-state index in [-0.39, 0.29) is 11.7 Å². The molecule has 1 heterocycles. The van der Waals surface area contributed by atoms with Crippen LogP contribution in [-0.4, -0.2) is 43.8 Å². The standard InChI is InChI=1S/C16H22N2O2/c1-12(19)18-9-4-5-13-11-14(6-7-15(13)18)16(20)8-10-17(2)3/h6-7,11H,4-5,8-10H2,1-3H3. The molecule has 1 aromatic rings. The molecule has 0 aromatic heterocycles. The SMILES string of the molecule is CC(=O)N1CCCc2cc(C(=O)CCN(C)C)ccc21. The molecule has 1 aliphatic rings. The van der Waals surface area contributed by atoms with Crippen molar-refractivity contribution in [3.05, 3.63) is 29.3 Å². The van der Waals surface area contributed by atoms with Gasteiger partial charge in [0, 0.05) is 37.7 Å². The predicted molar refractivity (Wildman–Crippen MR) is 80.3 cm³/mol. The highest BCUT2D eigenvalue weighted by Crippen LogP contribution is 2.28. The Kier molecular flexibility index (Phi) is 4.55. The van der Waals surface area contributed by atoms with Crippen LogP contribution in [0.4, 0.5) is 5.69 Å². The molecule has 0 atom stereocenters. The average molecular weight is 274 g/mol. The van der Waals surface area contributed by atoms with E-state index < -0.39 is 0 Å². The lowest BCUT2D eigenvalue weighted by molar-refractivity contribution is -0.116. The first kappa shape index (κ1) is 14.7. The highest BCUT2D eigenvalue weighted by molar-refractivity contribution is 5.98. The number of rotatable bonds is 4. The van der Waals surface area contributed by atoms with Gasteiger partial charge in [-0.3, -0.25) is 9.59 Å². The molecule has 0 saturated carbocycles. The molecule has 0 bridgehead atoms. The maximum absolute atomic E-state index is 12.1. The van der Waals surface area contributed by atoms with Crippen LogP contribution in [0.15, 0.2) is 18.2 Å². The highest BCUT2D eigenvalue weighted by Gasteiger charge is 2.20. The molecule has 0 N–H and O–H groups in total. The average Bonchev–Trinajstić information content (AvgIpc) is 2.43. The third-order valence-corrected chi connectivity index (χ3v) is 3.69. The Labute approximate surface area is 120 Å². The number of anilines is 1. The van der Waals surface area contributed by atoms with E-state index >= 15 is 0 Å². The van der Waals surface area contributed by atoms with Crippen molar-refractivity contribution in [2.45, 2.75) is 26.2 Å². The van der Waals surface area contributed by atoms with Gasteiger partial charge in [-0.1, -0.05) is 0 Å². The molecule has 1 aromatic carbocycles. The Morgan fingerprint density at radius 2 is 2.05 bits per heavy atom. The van der Waals surface area contributed by atoms with Gasteiger partial charge in [0.1, 0.15) is 0 Å². The molecule has 4 nitrogen and oxygen atoms in total. The number of hydrogen-bond acceptors (Lipinski definition) is 3. The number of aryl methyl sites for hydroxylation is 1. The van der Waals surface area contributed by atoms with E-state index in [1.807, 2.05) is 37.2 Å². The van der Waals surface area contributed by atoms with Crippen LogP contribution in [-0.2, 0) is 11.2 Å². The molecule has 0 unspecified atom stereocenters. The molecular weight excluding hydrogens is 252 g/mol. The van der Waals surface area contributed by atoms with Crippen LogP contribution in [0.5, 0.6) is 0 Å². The van der Waals surface area contributed by atoms with Crippen LogP contribution in [0.3, 0.4) is 0 Å². The number of benzene rings is 1. The molecule has 20 heavy (non-hydrogen) atoms. The van der Waals surface area contributed by atoms with Crippen molar-refractivity contribution >= 4 is 17.4 Å². The number of carbonyl (C=O) groups excluding carboxylic acids is 2. The van der Waals surface area contributed by atoms with E-state index in [0.717, 1.165) is 42.7 Å². The zero-order valence-electron chi connectivity index (χ0n) is 12.5. The summed E-state index contributed by atoms with van der Waals surface area (Å²) in [6.45, 7) is 3.12. The first-order valence-corrected chi connectivity index (χ1v) is 7.08. The van der Waals surface area contributed by atoms with Gasteiger partial charge in [-0.15, -0.1) is 0 Å². The maximum Gasteiger partial charge on any atom is 0.223 e. The first-order valence-electron chi connectivity index (χ1n) is 7.08. The van der Waals surface area contributed by atoms with Gasteiger partial charge >= 0.3 is 0 Å². The number of nitrogens with zero attached hydrogens (tertiary/aromatic N) is 2. The van der Waals surface area contributed by atoms with Gasteiger partial charge in [-0.25, -0.2) is 0 Å². The third-order valence-electron chi connectivity index (χ3n) is 3.69. The van der Waals surface area contributed by atoms with Crippen LogP contribution in [0.25, 0.3) is 0 Å². The van der Waals surface area contributed by atoms with Gasteiger partial charge < -0.3 is 9.80 Å². The molecule has 1 aliphatic heterocycles. The Morgan fingerprint density at radius 1 is 1.30 bits per heavy atom.